The smallest absolute Gasteiger partial charge is 0.462 e. The fraction of sp³-hybridized carbons (Fsp3) is 0.951. The van der Waals surface area contributed by atoms with Gasteiger partial charge in [-0.25, -0.2) is 9.13 Å². The fourth-order valence-corrected chi connectivity index (χ4v) is 14.2. The Bertz CT molecular complexity index is 1950. The number of phosphoric ester groups is 2. The van der Waals surface area contributed by atoms with E-state index in [2.05, 4.69) is 41.5 Å². The van der Waals surface area contributed by atoms with Gasteiger partial charge in [0.2, 0.25) is 0 Å². The Kier molecular flexibility index (Phi) is 72.2. The van der Waals surface area contributed by atoms with Gasteiger partial charge < -0.3 is 33.8 Å². The Labute approximate surface area is 619 Å². The van der Waals surface area contributed by atoms with Crippen molar-refractivity contribution in [3.8, 4) is 0 Å². The maximum atomic E-state index is 13.1. The largest absolute Gasteiger partial charge is 0.472 e. The lowest BCUT2D eigenvalue weighted by atomic mass is 9.99. The molecule has 0 saturated heterocycles. The molecule has 4 unspecified atom stereocenters. The van der Waals surface area contributed by atoms with Gasteiger partial charge >= 0.3 is 39.5 Å². The lowest BCUT2D eigenvalue weighted by molar-refractivity contribution is -0.161. The van der Waals surface area contributed by atoms with Crippen LogP contribution in [0.25, 0.3) is 0 Å². The number of carbonyl (C=O) groups is 4. The number of phosphoric acid groups is 2. The second-order valence-corrected chi connectivity index (χ2v) is 32.9. The predicted molar refractivity (Wildman–Crippen MR) is 414 cm³/mol. The summed E-state index contributed by atoms with van der Waals surface area (Å²) in [6.45, 7) is 9.70. The van der Waals surface area contributed by atoms with Crippen LogP contribution in [0.15, 0.2) is 0 Å². The fourth-order valence-electron chi connectivity index (χ4n) is 12.6. The van der Waals surface area contributed by atoms with Crippen molar-refractivity contribution < 1.29 is 80.2 Å². The van der Waals surface area contributed by atoms with Crippen molar-refractivity contribution in [3.63, 3.8) is 0 Å². The summed E-state index contributed by atoms with van der Waals surface area (Å²) in [6, 6.07) is 0. The average Bonchev–Trinajstić information content (AvgIpc) is 0.958. The number of unbranched alkanes of at least 4 members (excludes halogenated alkanes) is 49. The second-order valence-electron chi connectivity index (χ2n) is 30.0. The predicted octanol–water partition coefficient (Wildman–Crippen LogP) is 24.7. The molecule has 0 radical (unpaired) electrons. The minimum absolute atomic E-state index is 0.107. The third-order valence-corrected chi connectivity index (χ3v) is 21.8. The maximum absolute atomic E-state index is 13.1. The molecule has 0 spiro atoms. The Hall–Kier alpha value is -1.94. The van der Waals surface area contributed by atoms with E-state index in [1.54, 1.807) is 0 Å². The van der Waals surface area contributed by atoms with Crippen molar-refractivity contribution in [3.05, 3.63) is 0 Å². The third kappa shape index (κ3) is 73.4. The summed E-state index contributed by atoms with van der Waals surface area (Å²) in [5.74, 6) is -0.482. The summed E-state index contributed by atoms with van der Waals surface area (Å²) >= 11 is 0. The molecule has 0 aliphatic carbocycles. The van der Waals surface area contributed by atoms with Gasteiger partial charge in [0.1, 0.15) is 19.3 Å². The Morgan fingerprint density at radius 3 is 0.703 bits per heavy atom. The molecule has 600 valence electrons. The Morgan fingerprint density at radius 1 is 0.277 bits per heavy atom. The highest BCUT2D eigenvalue weighted by molar-refractivity contribution is 7.47. The lowest BCUT2D eigenvalue weighted by Crippen LogP contribution is -2.30. The number of ether oxygens (including phenoxy) is 4. The zero-order chi connectivity index (χ0) is 74.2. The molecule has 0 aliphatic rings. The normalized spacial score (nSPS) is 14.4. The molecule has 0 fully saturated rings. The summed E-state index contributed by atoms with van der Waals surface area (Å²) in [7, 11) is -9.92. The number of carbonyl (C=O) groups excluding carboxylic acids is 4. The summed E-state index contributed by atoms with van der Waals surface area (Å²) in [6.07, 6.45) is 63.6. The van der Waals surface area contributed by atoms with Gasteiger partial charge in [0.15, 0.2) is 12.2 Å². The molecular formula is C82H160O17P2. The van der Waals surface area contributed by atoms with E-state index in [0.29, 0.717) is 25.7 Å². The van der Waals surface area contributed by atoms with Gasteiger partial charge in [0, 0.05) is 25.7 Å². The molecule has 101 heavy (non-hydrogen) atoms. The van der Waals surface area contributed by atoms with E-state index in [0.717, 1.165) is 102 Å². The summed E-state index contributed by atoms with van der Waals surface area (Å²) in [5.41, 5.74) is 0. The van der Waals surface area contributed by atoms with Gasteiger partial charge in [0.05, 0.1) is 26.4 Å². The maximum Gasteiger partial charge on any atom is 0.472 e. The van der Waals surface area contributed by atoms with Crippen LogP contribution in [-0.2, 0) is 65.4 Å². The van der Waals surface area contributed by atoms with Crippen LogP contribution >= 0.6 is 15.6 Å². The van der Waals surface area contributed by atoms with Crippen LogP contribution in [0.3, 0.4) is 0 Å². The van der Waals surface area contributed by atoms with Gasteiger partial charge in [-0.15, -0.1) is 0 Å². The van der Waals surface area contributed by atoms with Crippen LogP contribution in [0.4, 0.5) is 0 Å². The van der Waals surface area contributed by atoms with Crippen molar-refractivity contribution >= 4 is 39.5 Å². The van der Waals surface area contributed by atoms with E-state index in [1.807, 2.05) is 0 Å². The molecule has 0 bridgehead atoms. The first-order chi connectivity index (χ1) is 48.9. The molecule has 0 amide bonds. The molecule has 0 aliphatic heterocycles. The van der Waals surface area contributed by atoms with Crippen LogP contribution in [0.2, 0.25) is 0 Å². The molecule has 19 heteroatoms. The van der Waals surface area contributed by atoms with Crippen LogP contribution in [-0.4, -0.2) is 96.7 Å². The highest BCUT2D eigenvalue weighted by Gasteiger charge is 2.30. The minimum atomic E-state index is -4.96. The molecule has 17 nitrogen and oxygen atoms in total. The van der Waals surface area contributed by atoms with Gasteiger partial charge in [0.25, 0.3) is 0 Å². The number of esters is 4. The van der Waals surface area contributed by atoms with Crippen molar-refractivity contribution in [2.24, 2.45) is 11.8 Å². The van der Waals surface area contributed by atoms with Crippen molar-refractivity contribution in [2.45, 2.75) is 452 Å². The first kappa shape index (κ1) is 99.1. The van der Waals surface area contributed by atoms with E-state index in [1.165, 1.54) is 250 Å². The molecule has 0 aromatic heterocycles. The van der Waals surface area contributed by atoms with Crippen LogP contribution in [0, 0.1) is 11.8 Å². The zero-order valence-corrected chi connectivity index (χ0v) is 68.0. The number of rotatable bonds is 81. The van der Waals surface area contributed by atoms with E-state index < -0.39 is 97.5 Å². The molecule has 0 heterocycles. The molecule has 7 atom stereocenters. The summed E-state index contributed by atoms with van der Waals surface area (Å²) in [4.78, 5) is 73.1. The second kappa shape index (κ2) is 73.6. The van der Waals surface area contributed by atoms with E-state index in [9.17, 15) is 43.2 Å². The standard InChI is InChI=1S/C82H160O17P2/c1-7-11-13-15-17-19-21-23-24-25-26-27-32-35-39-46-52-58-64-79(84)92-70-77(98-82(87)67-61-55-49-41-37-33-29-28-31-34-38-44-50-56-62-74(5)9-3)72-96-100(88,89)94-68-76(83)69-95-101(90,91)97-73-78(71-93-80(85)65-59-53-47-43-42-45-51-57-63-75(6)10-4)99-81(86)66-60-54-48-40-36-30-22-20-18-16-14-12-8-2/h74-78,83H,7-73H2,1-6H3,(H,88,89)(H,90,91)/t74?,75?,76-,77-,78-/m1/s1. The topological polar surface area (TPSA) is 237 Å². The molecule has 0 rings (SSSR count). The molecular weight excluding hydrogens is 1320 g/mol. The van der Waals surface area contributed by atoms with Crippen LogP contribution in [0.5, 0.6) is 0 Å². The number of hydrogen-bond acceptors (Lipinski definition) is 15. The van der Waals surface area contributed by atoms with Gasteiger partial charge in [-0.1, -0.05) is 382 Å². The van der Waals surface area contributed by atoms with Crippen molar-refractivity contribution in [1.82, 2.24) is 0 Å². The number of hydrogen-bond donors (Lipinski definition) is 3. The average molecular weight is 1480 g/mol. The molecule has 0 aromatic rings. The first-order valence-electron chi connectivity index (χ1n) is 42.6. The summed E-state index contributed by atoms with van der Waals surface area (Å²) < 4.78 is 68.8. The summed E-state index contributed by atoms with van der Waals surface area (Å²) in [5, 5.41) is 10.7. The lowest BCUT2D eigenvalue weighted by Gasteiger charge is -2.21. The van der Waals surface area contributed by atoms with E-state index in [-0.39, 0.29) is 25.7 Å². The van der Waals surface area contributed by atoms with Crippen molar-refractivity contribution in [2.75, 3.05) is 39.6 Å². The van der Waals surface area contributed by atoms with Crippen LogP contribution < -0.4 is 0 Å². The molecule has 0 saturated carbocycles. The van der Waals surface area contributed by atoms with E-state index in [4.69, 9.17) is 37.0 Å². The quantitative estimate of drug-likeness (QED) is 0.0222. The molecule has 0 aromatic carbocycles. The monoisotopic (exact) mass is 1480 g/mol. The minimum Gasteiger partial charge on any atom is -0.462 e. The van der Waals surface area contributed by atoms with Gasteiger partial charge in [-0.2, -0.15) is 0 Å². The highest BCUT2D eigenvalue weighted by atomic mass is 31.2. The van der Waals surface area contributed by atoms with Gasteiger partial charge in [-0.05, 0) is 37.5 Å². The number of aliphatic hydroxyl groups is 1. The molecule has 3 N–H and O–H groups in total. The third-order valence-electron chi connectivity index (χ3n) is 19.9. The zero-order valence-electron chi connectivity index (χ0n) is 66.2. The van der Waals surface area contributed by atoms with Gasteiger partial charge in [-0.3, -0.25) is 37.3 Å². The highest BCUT2D eigenvalue weighted by Crippen LogP contribution is 2.45. The Balaban J connectivity index is 5.26. The Morgan fingerprint density at radius 2 is 0.475 bits per heavy atom. The number of aliphatic hydroxyl groups excluding tert-OH is 1. The first-order valence-corrected chi connectivity index (χ1v) is 45.6. The van der Waals surface area contributed by atoms with E-state index >= 15 is 0 Å². The SMILES string of the molecule is CCCCCCCCCCCCCCCCCCCCC(=O)OC[C@H](COP(=O)(O)OC[C@@H](O)COP(=O)(O)OC[C@@H](COC(=O)CCCCCCCCCCC(C)CC)OC(=O)CCCCCCCCCCCCCCC)OC(=O)CCCCCCCCCCCCCCCCC(C)CC. The van der Waals surface area contributed by atoms with Crippen molar-refractivity contribution in [1.29, 1.82) is 0 Å². The van der Waals surface area contributed by atoms with Crippen LogP contribution in [0.1, 0.15) is 433 Å².